The highest BCUT2D eigenvalue weighted by atomic mass is 32.2. The van der Waals surface area contributed by atoms with Gasteiger partial charge in [-0.25, -0.2) is 18.1 Å². The Kier molecular flexibility index (Phi) is 6.32. The van der Waals surface area contributed by atoms with Gasteiger partial charge in [-0.3, -0.25) is 0 Å². The Morgan fingerprint density at radius 2 is 1.82 bits per heavy atom. The minimum atomic E-state index is -3.18. The van der Waals surface area contributed by atoms with Crippen molar-refractivity contribution in [2.24, 2.45) is 0 Å². The molecule has 0 radical (unpaired) electrons. The number of rotatable bonds is 6. The monoisotopic (exact) mass is 485 g/mol. The highest BCUT2D eigenvalue weighted by Gasteiger charge is 2.33. The topological polar surface area (TPSA) is 118 Å². The summed E-state index contributed by atoms with van der Waals surface area (Å²) in [6.45, 7) is 1.11. The number of fused-ring (bicyclic) bond motifs is 1. The molecule has 10 heteroatoms. The summed E-state index contributed by atoms with van der Waals surface area (Å²) >= 11 is 0. The van der Waals surface area contributed by atoms with Crippen LogP contribution in [0, 0.1) is 0 Å². The number of nitrogens with one attached hydrogen (secondary N) is 2. The van der Waals surface area contributed by atoms with Crippen LogP contribution in [0.1, 0.15) is 44.1 Å². The second kappa shape index (κ2) is 9.26. The van der Waals surface area contributed by atoms with Crippen LogP contribution in [0.3, 0.4) is 0 Å². The first-order valence-electron chi connectivity index (χ1n) is 11.8. The van der Waals surface area contributed by atoms with Crippen LogP contribution < -0.4 is 10.0 Å². The summed E-state index contributed by atoms with van der Waals surface area (Å²) in [5.74, 6) is 1.30. The van der Waals surface area contributed by atoms with Gasteiger partial charge in [-0.05, 0) is 49.4 Å². The van der Waals surface area contributed by atoms with E-state index in [0.29, 0.717) is 32.0 Å². The number of benzene rings is 1. The number of anilines is 1. The van der Waals surface area contributed by atoms with Crippen molar-refractivity contribution in [3.05, 3.63) is 48.3 Å². The van der Waals surface area contributed by atoms with Crippen LogP contribution in [0.15, 0.2) is 42.7 Å². The van der Waals surface area contributed by atoms with E-state index >= 15 is 0 Å². The molecule has 1 aliphatic carbocycles. The average molecular weight is 486 g/mol. The van der Waals surface area contributed by atoms with Gasteiger partial charge >= 0.3 is 0 Å². The molecule has 5 rings (SSSR count). The van der Waals surface area contributed by atoms with Crippen molar-refractivity contribution in [1.82, 2.24) is 19.3 Å². The molecule has 182 valence electrons. The molecule has 2 fully saturated rings. The molecule has 0 amide bonds. The minimum absolute atomic E-state index is 0.00807. The standard InChI is InChI=1S/C24H31N5O4S/c1-34(31,32)28-18-7-5-17(6-8-18)26-23-25-13-9-22(27-23)29-14-10-19-20(3-2-4-21(19)29)24(30)11-15-33-16-12-24/h2-4,9-10,13-14,17-18,28,30H,5-8,11-12,15-16H2,1H3,(H,25,26,27)/t17-,18-. The molecular weight excluding hydrogens is 454 g/mol. The Morgan fingerprint density at radius 1 is 1.09 bits per heavy atom. The first kappa shape index (κ1) is 23.2. The molecule has 0 unspecified atom stereocenters. The Bertz CT molecular complexity index is 1260. The van der Waals surface area contributed by atoms with Crippen molar-refractivity contribution < 1.29 is 18.3 Å². The summed E-state index contributed by atoms with van der Waals surface area (Å²) < 4.78 is 33.1. The molecule has 0 bridgehead atoms. The second-order valence-electron chi connectivity index (χ2n) is 9.39. The van der Waals surface area contributed by atoms with Gasteiger partial charge in [0.1, 0.15) is 5.82 Å². The van der Waals surface area contributed by atoms with E-state index < -0.39 is 15.6 Å². The zero-order chi connectivity index (χ0) is 23.8. The molecule has 1 aliphatic heterocycles. The molecule has 9 nitrogen and oxygen atoms in total. The van der Waals surface area contributed by atoms with E-state index in [1.807, 2.05) is 41.1 Å². The van der Waals surface area contributed by atoms with Crippen molar-refractivity contribution in [2.45, 2.75) is 56.2 Å². The third-order valence-electron chi connectivity index (χ3n) is 6.88. The predicted octanol–water partition coefficient (Wildman–Crippen LogP) is 2.69. The number of hydrogen-bond acceptors (Lipinski definition) is 7. The first-order valence-corrected chi connectivity index (χ1v) is 13.7. The largest absolute Gasteiger partial charge is 0.385 e. The quantitative estimate of drug-likeness (QED) is 0.491. The minimum Gasteiger partial charge on any atom is -0.385 e. The van der Waals surface area contributed by atoms with Crippen LogP contribution in [0.5, 0.6) is 0 Å². The second-order valence-corrected chi connectivity index (χ2v) is 11.2. The van der Waals surface area contributed by atoms with E-state index in [-0.39, 0.29) is 12.1 Å². The lowest BCUT2D eigenvalue weighted by Gasteiger charge is -2.33. The van der Waals surface area contributed by atoms with Crippen LogP contribution in [0.25, 0.3) is 16.7 Å². The maximum absolute atomic E-state index is 11.5. The lowest BCUT2D eigenvalue weighted by atomic mass is 9.84. The normalized spacial score (nSPS) is 23.1. The zero-order valence-electron chi connectivity index (χ0n) is 19.3. The van der Waals surface area contributed by atoms with Gasteiger partial charge in [-0.2, -0.15) is 4.98 Å². The Hall–Kier alpha value is -2.53. The Morgan fingerprint density at radius 3 is 2.56 bits per heavy atom. The third kappa shape index (κ3) is 4.95. The van der Waals surface area contributed by atoms with Crippen LogP contribution in [-0.4, -0.2) is 59.6 Å². The number of aliphatic hydroxyl groups is 1. The van der Waals surface area contributed by atoms with Gasteiger partial charge < -0.3 is 19.7 Å². The Labute approximate surface area is 199 Å². The Balaban J connectivity index is 1.34. The van der Waals surface area contributed by atoms with Gasteiger partial charge in [-0.15, -0.1) is 0 Å². The van der Waals surface area contributed by atoms with E-state index in [4.69, 9.17) is 9.72 Å². The molecule has 34 heavy (non-hydrogen) atoms. The smallest absolute Gasteiger partial charge is 0.224 e. The summed E-state index contributed by atoms with van der Waals surface area (Å²) in [4.78, 5) is 9.15. The number of nitrogens with zero attached hydrogens (tertiary/aromatic N) is 3. The van der Waals surface area contributed by atoms with Gasteiger partial charge in [0, 0.05) is 55.9 Å². The van der Waals surface area contributed by atoms with Crippen LogP contribution >= 0.6 is 0 Å². The van der Waals surface area contributed by atoms with E-state index in [9.17, 15) is 13.5 Å². The maximum atomic E-state index is 11.5. The molecule has 0 atom stereocenters. The first-order chi connectivity index (χ1) is 16.3. The van der Waals surface area contributed by atoms with E-state index in [1.165, 1.54) is 6.26 Å². The number of aromatic nitrogens is 3. The van der Waals surface area contributed by atoms with E-state index in [0.717, 1.165) is 48.0 Å². The molecule has 1 saturated carbocycles. The number of sulfonamides is 1. The number of ether oxygens (including phenoxy) is 1. The highest BCUT2D eigenvalue weighted by molar-refractivity contribution is 7.88. The van der Waals surface area contributed by atoms with E-state index in [2.05, 4.69) is 15.0 Å². The van der Waals surface area contributed by atoms with Crippen LogP contribution in [0.2, 0.25) is 0 Å². The van der Waals surface area contributed by atoms with Gasteiger partial charge in [0.05, 0.1) is 17.4 Å². The summed E-state index contributed by atoms with van der Waals surface area (Å²) in [6.07, 6.45) is 9.34. The fraction of sp³-hybridized carbons (Fsp3) is 0.500. The molecule has 1 aromatic carbocycles. The van der Waals surface area contributed by atoms with Gasteiger partial charge in [-0.1, -0.05) is 12.1 Å². The fourth-order valence-electron chi connectivity index (χ4n) is 5.15. The molecular formula is C24H31N5O4S. The molecule has 3 N–H and O–H groups in total. The van der Waals surface area contributed by atoms with Crippen molar-refractivity contribution in [2.75, 3.05) is 24.8 Å². The molecule has 2 aromatic heterocycles. The summed E-state index contributed by atoms with van der Waals surface area (Å²) in [5, 5.41) is 15.7. The molecule has 2 aliphatic rings. The lowest BCUT2D eigenvalue weighted by Crippen LogP contribution is -2.39. The van der Waals surface area contributed by atoms with Gasteiger partial charge in [0.15, 0.2) is 0 Å². The summed E-state index contributed by atoms with van der Waals surface area (Å²) in [7, 11) is -3.18. The van der Waals surface area contributed by atoms with Crippen LogP contribution in [-0.2, 0) is 20.4 Å². The summed E-state index contributed by atoms with van der Waals surface area (Å²) in [6, 6.07) is 10.1. The predicted molar refractivity (Wildman–Crippen MR) is 130 cm³/mol. The van der Waals surface area contributed by atoms with E-state index in [1.54, 1.807) is 6.20 Å². The number of hydrogen-bond donors (Lipinski definition) is 3. The van der Waals surface area contributed by atoms with Gasteiger partial charge in [0.25, 0.3) is 0 Å². The summed E-state index contributed by atoms with van der Waals surface area (Å²) in [5.41, 5.74) is 1.03. The van der Waals surface area contributed by atoms with Crippen molar-refractivity contribution in [3.63, 3.8) is 0 Å². The van der Waals surface area contributed by atoms with Crippen molar-refractivity contribution >= 4 is 26.9 Å². The molecule has 3 heterocycles. The fourth-order valence-corrected chi connectivity index (χ4v) is 5.99. The SMILES string of the molecule is CS(=O)(=O)N[C@H]1CC[C@H](Nc2nccc(-n3ccc4c(C5(O)CCOCC5)cccc43)n2)CC1. The molecule has 1 saturated heterocycles. The third-order valence-corrected chi connectivity index (χ3v) is 7.64. The van der Waals surface area contributed by atoms with Crippen molar-refractivity contribution in [1.29, 1.82) is 0 Å². The maximum Gasteiger partial charge on any atom is 0.224 e. The average Bonchev–Trinajstić information content (AvgIpc) is 3.24. The van der Waals surface area contributed by atoms with Crippen molar-refractivity contribution in [3.8, 4) is 5.82 Å². The van der Waals surface area contributed by atoms with Gasteiger partial charge in [0.2, 0.25) is 16.0 Å². The highest BCUT2D eigenvalue weighted by Crippen LogP contribution is 2.37. The molecule has 0 spiro atoms. The van der Waals surface area contributed by atoms with Crippen LogP contribution in [0.4, 0.5) is 5.95 Å². The molecule has 3 aromatic rings. The zero-order valence-corrected chi connectivity index (χ0v) is 20.1. The lowest BCUT2D eigenvalue weighted by molar-refractivity contribution is -0.0669.